The lowest BCUT2D eigenvalue weighted by Crippen LogP contribution is -2.09. The second-order valence-corrected chi connectivity index (χ2v) is 7.68. The van der Waals surface area contributed by atoms with Gasteiger partial charge in [0.1, 0.15) is 5.65 Å². The minimum absolute atomic E-state index is 0.139. The van der Waals surface area contributed by atoms with Crippen LogP contribution in [0.25, 0.3) is 55.6 Å². The SMILES string of the molecule is O=c1c(-c2cnccn2)c[nH]c2nc(-c3ccccc3)c(-c3ccc4ncccc4c3)cc12. The molecule has 156 valence electrons. The van der Waals surface area contributed by atoms with Gasteiger partial charge in [-0.1, -0.05) is 42.5 Å². The number of hydrogen-bond acceptors (Lipinski definition) is 5. The largest absolute Gasteiger partial charge is 0.345 e. The van der Waals surface area contributed by atoms with E-state index >= 15 is 0 Å². The molecule has 4 heterocycles. The zero-order chi connectivity index (χ0) is 22.2. The number of pyridine rings is 3. The molecule has 0 amide bonds. The van der Waals surface area contributed by atoms with E-state index in [-0.39, 0.29) is 5.43 Å². The van der Waals surface area contributed by atoms with Crippen molar-refractivity contribution in [3.05, 3.63) is 108 Å². The van der Waals surface area contributed by atoms with Crippen LogP contribution in [0.1, 0.15) is 0 Å². The number of nitrogens with zero attached hydrogens (tertiary/aromatic N) is 4. The van der Waals surface area contributed by atoms with Gasteiger partial charge < -0.3 is 4.98 Å². The van der Waals surface area contributed by atoms with Gasteiger partial charge in [0.2, 0.25) is 0 Å². The fourth-order valence-corrected chi connectivity index (χ4v) is 4.06. The molecular formula is C27H17N5O. The lowest BCUT2D eigenvalue weighted by molar-refractivity contribution is 1.19. The van der Waals surface area contributed by atoms with E-state index in [1.807, 2.05) is 60.7 Å². The van der Waals surface area contributed by atoms with E-state index in [1.165, 1.54) is 0 Å². The Labute approximate surface area is 188 Å². The number of benzene rings is 2. The van der Waals surface area contributed by atoms with Crippen LogP contribution in [0.15, 0.2) is 103 Å². The molecule has 1 N–H and O–H groups in total. The van der Waals surface area contributed by atoms with E-state index in [0.29, 0.717) is 22.3 Å². The molecule has 33 heavy (non-hydrogen) atoms. The molecule has 6 nitrogen and oxygen atoms in total. The number of aromatic amines is 1. The van der Waals surface area contributed by atoms with Crippen LogP contribution in [0.4, 0.5) is 0 Å². The van der Waals surface area contributed by atoms with Crippen molar-refractivity contribution >= 4 is 21.9 Å². The van der Waals surface area contributed by atoms with Crippen LogP contribution in [0.3, 0.4) is 0 Å². The molecule has 6 heteroatoms. The van der Waals surface area contributed by atoms with Crippen LogP contribution < -0.4 is 5.43 Å². The highest BCUT2D eigenvalue weighted by atomic mass is 16.1. The summed E-state index contributed by atoms with van der Waals surface area (Å²) in [6.07, 6.45) is 8.17. The van der Waals surface area contributed by atoms with Gasteiger partial charge in [0.25, 0.3) is 0 Å². The van der Waals surface area contributed by atoms with Crippen LogP contribution in [-0.2, 0) is 0 Å². The first-order chi connectivity index (χ1) is 16.3. The van der Waals surface area contributed by atoms with Crippen molar-refractivity contribution in [1.29, 1.82) is 0 Å². The van der Waals surface area contributed by atoms with Crippen molar-refractivity contribution in [3.8, 4) is 33.6 Å². The molecule has 4 aromatic heterocycles. The molecule has 0 aliphatic rings. The Balaban J connectivity index is 1.65. The predicted octanol–water partition coefficient (Wildman–Crippen LogP) is 5.26. The van der Waals surface area contributed by atoms with Crippen molar-refractivity contribution in [3.63, 3.8) is 0 Å². The smallest absolute Gasteiger partial charge is 0.200 e. The molecule has 0 spiro atoms. The topological polar surface area (TPSA) is 84.4 Å². The molecule has 0 atom stereocenters. The molecule has 0 fully saturated rings. The Bertz CT molecular complexity index is 1680. The predicted molar refractivity (Wildman–Crippen MR) is 130 cm³/mol. The third-order valence-electron chi connectivity index (χ3n) is 5.67. The van der Waals surface area contributed by atoms with E-state index in [4.69, 9.17) is 4.98 Å². The van der Waals surface area contributed by atoms with E-state index in [9.17, 15) is 4.79 Å². The molecule has 0 unspecified atom stereocenters. The number of nitrogens with one attached hydrogen (secondary N) is 1. The number of hydrogen-bond donors (Lipinski definition) is 1. The second kappa shape index (κ2) is 7.76. The molecule has 0 radical (unpaired) electrons. The van der Waals surface area contributed by atoms with Gasteiger partial charge in [-0.05, 0) is 29.8 Å². The van der Waals surface area contributed by atoms with Gasteiger partial charge in [-0.15, -0.1) is 0 Å². The molecule has 2 aromatic carbocycles. The van der Waals surface area contributed by atoms with Crippen LogP contribution in [0, 0.1) is 0 Å². The summed E-state index contributed by atoms with van der Waals surface area (Å²) in [5, 5.41) is 1.52. The second-order valence-electron chi connectivity index (χ2n) is 7.68. The highest BCUT2D eigenvalue weighted by Crippen LogP contribution is 2.34. The van der Waals surface area contributed by atoms with Crippen LogP contribution in [0.2, 0.25) is 0 Å². The average Bonchev–Trinajstić information content (AvgIpc) is 2.89. The Kier molecular flexibility index (Phi) is 4.47. The first kappa shape index (κ1) is 19.0. The molecule has 0 bridgehead atoms. The maximum Gasteiger partial charge on any atom is 0.200 e. The third kappa shape index (κ3) is 3.34. The average molecular weight is 427 g/mol. The zero-order valence-electron chi connectivity index (χ0n) is 17.4. The van der Waals surface area contributed by atoms with Gasteiger partial charge in [0.15, 0.2) is 5.43 Å². The van der Waals surface area contributed by atoms with Crippen molar-refractivity contribution in [2.24, 2.45) is 0 Å². The van der Waals surface area contributed by atoms with Crippen molar-refractivity contribution in [2.45, 2.75) is 0 Å². The van der Waals surface area contributed by atoms with Gasteiger partial charge in [-0.3, -0.25) is 19.7 Å². The fraction of sp³-hybridized carbons (Fsp3) is 0. The van der Waals surface area contributed by atoms with E-state index in [1.54, 1.807) is 31.0 Å². The summed E-state index contributed by atoms with van der Waals surface area (Å²) in [7, 11) is 0. The fourth-order valence-electron chi connectivity index (χ4n) is 4.06. The Morgan fingerprint density at radius 1 is 0.758 bits per heavy atom. The molecule has 0 saturated heterocycles. The first-order valence-corrected chi connectivity index (χ1v) is 10.5. The van der Waals surface area contributed by atoms with E-state index < -0.39 is 0 Å². The monoisotopic (exact) mass is 427 g/mol. The minimum atomic E-state index is -0.139. The maximum atomic E-state index is 13.4. The summed E-state index contributed by atoms with van der Waals surface area (Å²) in [6.45, 7) is 0. The maximum absolute atomic E-state index is 13.4. The third-order valence-corrected chi connectivity index (χ3v) is 5.67. The highest BCUT2D eigenvalue weighted by Gasteiger charge is 2.16. The summed E-state index contributed by atoms with van der Waals surface area (Å²) >= 11 is 0. The molecule has 0 aliphatic carbocycles. The number of aromatic nitrogens is 5. The van der Waals surface area contributed by atoms with Gasteiger partial charge in [0.05, 0.1) is 34.1 Å². The normalized spacial score (nSPS) is 11.2. The number of fused-ring (bicyclic) bond motifs is 2. The van der Waals surface area contributed by atoms with Gasteiger partial charge in [-0.2, -0.15) is 0 Å². The van der Waals surface area contributed by atoms with Crippen LogP contribution in [0.5, 0.6) is 0 Å². The molecule has 0 aliphatic heterocycles. The summed E-state index contributed by atoms with van der Waals surface area (Å²) in [5.74, 6) is 0. The van der Waals surface area contributed by atoms with Crippen LogP contribution in [-0.4, -0.2) is 24.9 Å². The van der Waals surface area contributed by atoms with Gasteiger partial charge in [0, 0.05) is 41.3 Å². The summed E-state index contributed by atoms with van der Waals surface area (Å²) < 4.78 is 0. The Hall–Kier alpha value is -4.71. The Morgan fingerprint density at radius 2 is 1.67 bits per heavy atom. The lowest BCUT2D eigenvalue weighted by Gasteiger charge is -2.12. The van der Waals surface area contributed by atoms with Gasteiger partial charge >= 0.3 is 0 Å². The molecule has 6 rings (SSSR count). The quantitative estimate of drug-likeness (QED) is 0.416. The number of rotatable bonds is 3. The molecule has 6 aromatic rings. The van der Waals surface area contributed by atoms with Crippen molar-refractivity contribution in [1.82, 2.24) is 24.9 Å². The van der Waals surface area contributed by atoms with Crippen LogP contribution >= 0.6 is 0 Å². The molecule has 0 saturated carbocycles. The highest BCUT2D eigenvalue weighted by molar-refractivity contribution is 5.94. The summed E-state index contributed by atoms with van der Waals surface area (Å²) in [5.41, 5.74) is 5.89. The number of H-pyrrole nitrogens is 1. The minimum Gasteiger partial charge on any atom is -0.345 e. The summed E-state index contributed by atoms with van der Waals surface area (Å²) in [6, 6.07) is 21.9. The standard InChI is InChI=1S/C27H17N5O/c33-26-21-14-20(18-8-9-23-19(13-18)7-4-10-29-23)25(17-5-2-1-3-6-17)32-27(21)31-15-22(26)24-16-28-11-12-30-24/h1-16H,(H,31,32,33). The first-order valence-electron chi connectivity index (χ1n) is 10.5. The van der Waals surface area contributed by atoms with E-state index in [0.717, 1.165) is 33.3 Å². The van der Waals surface area contributed by atoms with E-state index in [2.05, 4.69) is 26.0 Å². The molecular weight excluding hydrogens is 410 g/mol. The summed E-state index contributed by atoms with van der Waals surface area (Å²) in [4.78, 5) is 34.3. The lowest BCUT2D eigenvalue weighted by atomic mass is 9.96. The zero-order valence-corrected chi connectivity index (χ0v) is 17.4. The Morgan fingerprint density at radius 3 is 2.52 bits per heavy atom. The van der Waals surface area contributed by atoms with Crippen molar-refractivity contribution in [2.75, 3.05) is 0 Å². The van der Waals surface area contributed by atoms with Gasteiger partial charge in [-0.25, -0.2) is 4.98 Å². The van der Waals surface area contributed by atoms with Crippen molar-refractivity contribution < 1.29 is 0 Å².